The summed E-state index contributed by atoms with van der Waals surface area (Å²) in [7, 11) is -3.20. The maximum atomic E-state index is 7.15. The molecule has 0 atom stereocenters. The van der Waals surface area contributed by atoms with Gasteiger partial charge in [0.15, 0.2) is 11.2 Å². The Labute approximate surface area is 485 Å². The molecule has 15 rings (SSSR count). The third kappa shape index (κ3) is 8.57. The monoisotopic (exact) mass is 1100 g/mol. The maximum absolute atomic E-state index is 7.15. The van der Waals surface area contributed by atoms with Gasteiger partial charge in [-0.05, 0) is 107 Å². The van der Waals surface area contributed by atoms with E-state index in [1.165, 1.54) is 21.1 Å². The lowest BCUT2D eigenvalue weighted by atomic mass is 10.0. The molecule has 0 aliphatic heterocycles. The third-order valence-electron chi connectivity index (χ3n) is 16.9. The summed E-state index contributed by atoms with van der Waals surface area (Å²) in [4.78, 5) is 4.78. The lowest BCUT2D eigenvalue weighted by molar-refractivity contribution is 0.670. The molecule has 0 amide bonds. The highest BCUT2D eigenvalue weighted by Crippen LogP contribution is 2.48. The highest BCUT2D eigenvalue weighted by molar-refractivity contribution is 6.89. The molecule has 0 spiro atoms. The van der Waals surface area contributed by atoms with Crippen LogP contribution in [0.15, 0.2) is 270 Å². The van der Waals surface area contributed by atoms with E-state index in [4.69, 9.17) is 8.83 Å². The zero-order chi connectivity index (χ0) is 56.1. The first-order valence-corrected chi connectivity index (χ1v) is 35.8. The molecule has 7 heteroatoms. The molecular formula is C76H61N3O2Si2. The first-order chi connectivity index (χ1) is 40.4. The van der Waals surface area contributed by atoms with Crippen molar-refractivity contribution in [2.45, 2.75) is 39.3 Å². The zero-order valence-corrected chi connectivity index (χ0v) is 49.5. The average molecular weight is 1100 g/mol. The molecule has 0 radical (unpaired) electrons. The van der Waals surface area contributed by atoms with Crippen molar-refractivity contribution < 1.29 is 8.83 Å². The summed E-state index contributed by atoms with van der Waals surface area (Å²) in [5.41, 5.74) is 17.4. The molecule has 0 saturated heterocycles. The van der Waals surface area contributed by atoms with Crippen molar-refractivity contribution in [2.24, 2.45) is 0 Å². The molecule has 0 fully saturated rings. The molecule has 0 saturated carbocycles. The third-order valence-corrected chi connectivity index (χ3v) is 21.0. The molecule has 5 nitrogen and oxygen atoms in total. The van der Waals surface area contributed by atoms with Crippen LogP contribution in [0.1, 0.15) is 0 Å². The molecule has 83 heavy (non-hydrogen) atoms. The predicted molar refractivity (Wildman–Crippen MR) is 359 cm³/mol. The van der Waals surface area contributed by atoms with Gasteiger partial charge in [0.05, 0.1) is 38.6 Å². The van der Waals surface area contributed by atoms with Crippen LogP contribution in [0.5, 0.6) is 0 Å². The molecule has 0 aliphatic carbocycles. The number of hydrogen-bond donors (Lipinski definition) is 0. The molecule has 12 aromatic carbocycles. The van der Waals surface area contributed by atoms with Crippen LogP contribution in [0.2, 0.25) is 39.3 Å². The summed E-state index contributed by atoms with van der Waals surface area (Å²) in [5, 5.41) is 11.9. The predicted octanol–water partition coefficient (Wildman–Crippen LogP) is 21.1. The van der Waals surface area contributed by atoms with E-state index in [1.54, 1.807) is 0 Å². The van der Waals surface area contributed by atoms with Gasteiger partial charge >= 0.3 is 0 Å². The van der Waals surface area contributed by atoms with Crippen LogP contribution in [0.3, 0.4) is 0 Å². The summed E-state index contributed by atoms with van der Waals surface area (Å²) < 4.78 is 16.7. The SMILES string of the molecule is C[Si](C)(C)c1ccc(N(c2ccc3cc4c5ccc(N(c6ccc([Si](C)(C)C)cc6)c6cccc7c6oc6c(-c8ccccc8)cccc67)cc5n(-c5ccccc5)c4cc3c2)c2cccc3c2oc2c(-c4ccccc4)cccc23)cc1. The Morgan fingerprint density at radius 2 is 0.723 bits per heavy atom. The number of hydrogen-bond acceptors (Lipinski definition) is 4. The van der Waals surface area contributed by atoms with Crippen LogP contribution >= 0.6 is 0 Å². The zero-order valence-electron chi connectivity index (χ0n) is 47.5. The van der Waals surface area contributed by atoms with Crippen LogP contribution in [0.25, 0.3) is 104 Å². The van der Waals surface area contributed by atoms with Crippen molar-refractivity contribution in [2.75, 3.05) is 9.80 Å². The second-order valence-electron chi connectivity index (χ2n) is 24.1. The number of nitrogens with zero attached hydrogens (tertiary/aromatic N) is 3. The van der Waals surface area contributed by atoms with E-state index in [2.05, 4.69) is 315 Å². The molecule has 15 aromatic rings. The van der Waals surface area contributed by atoms with Gasteiger partial charge in [-0.3, -0.25) is 0 Å². The Bertz CT molecular complexity index is 4970. The van der Waals surface area contributed by atoms with Crippen molar-refractivity contribution in [1.82, 2.24) is 4.57 Å². The smallest absolute Gasteiger partial charge is 0.159 e. The van der Waals surface area contributed by atoms with E-state index in [-0.39, 0.29) is 0 Å². The van der Waals surface area contributed by atoms with Crippen LogP contribution in [0.4, 0.5) is 34.1 Å². The van der Waals surface area contributed by atoms with Gasteiger partial charge < -0.3 is 23.2 Å². The second-order valence-corrected chi connectivity index (χ2v) is 34.3. The molecule has 3 heterocycles. The minimum Gasteiger partial charge on any atom is -0.453 e. The Hall–Kier alpha value is -9.67. The Morgan fingerprint density at radius 3 is 1.22 bits per heavy atom. The largest absolute Gasteiger partial charge is 0.453 e. The van der Waals surface area contributed by atoms with E-state index < -0.39 is 16.1 Å². The molecule has 0 bridgehead atoms. The molecular weight excluding hydrogens is 1040 g/mol. The highest BCUT2D eigenvalue weighted by atomic mass is 28.3. The fourth-order valence-corrected chi connectivity index (χ4v) is 14.9. The number of para-hydroxylation sites is 5. The number of rotatable bonds is 11. The summed E-state index contributed by atoms with van der Waals surface area (Å²) >= 11 is 0. The van der Waals surface area contributed by atoms with Gasteiger partial charge in [0.25, 0.3) is 0 Å². The highest BCUT2D eigenvalue weighted by Gasteiger charge is 2.26. The molecule has 0 unspecified atom stereocenters. The quantitative estimate of drug-likeness (QED) is 0.121. The topological polar surface area (TPSA) is 37.7 Å². The van der Waals surface area contributed by atoms with E-state index in [1.807, 2.05) is 0 Å². The van der Waals surface area contributed by atoms with Gasteiger partial charge in [-0.15, -0.1) is 0 Å². The van der Waals surface area contributed by atoms with E-state index in [0.29, 0.717) is 0 Å². The van der Waals surface area contributed by atoms with Crippen molar-refractivity contribution in [3.8, 4) is 27.9 Å². The van der Waals surface area contributed by atoms with E-state index >= 15 is 0 Å². The first-order valence-electron chi connectivity index (χ1n) is 28.8. The Balaban J connectivity index is 0.930. The van der Waals surface area contributed by atoms with Gasteiger partial charge in [-0.2, -0.15) is 0 Å². The van der Waals surface area contributed by atoms with Gasteiger partial charge in [0.2, 0.25) is 0 Å². The summed E-state index contributed by atoms with van der Waals surface area (Å²) in [6, 6.07) is 95.3. The maximum Gasteiger partial charge on any atom is 0.159 e. The number of furan rings is 2. The lowest BCUT2D eigenvalue weighted by Crippen LogP contribution is -2.37. The molecule has 0 aliphatic rings. The fraction of sp³-hybridized carbons (Fsp3) is 0.0789. The van der Waals surface area contributed by atoms with E-state index in [9.17, 15) is 0 Å². The van der Waals surface area contributed by atoms with Gasteiger partial charge in [-0.1, -0.05) is 226 Å². The molecule has 0 N–H and O–H groups in total. The van der Waals surface area contributed by atoms with Gasteiger partial charge in [0, 0.05) is 71.9 Å². The van der Waals surface area contributed by atoms with Crippen molar-refractivity contribution in [1.29, 1.82) is 0 Å². The minimum atomic E-state index is -1.61. The van der Waals surface area contributed by atoms with E-state index in [0.717, 1.165) is 128 Å². The Morgan fingerprint density at radius 1 is 0.301 bits per heavy atom. The average Bonchev–Trinajstić information content (AvgIpc) is 2.99. The van der Waals surface area contributed by atoms with Crippen LogP contribution in [-0.4, -0.2) is 20.7 Å². The van der Waals surface area contributed by atoms with Crippen LogP contribution in [0, 0.1) is 0 Å². The van der Waals surface area contributed by atoms with Crippen molar-refractivity contribution >= 4 is 137 Å². The summed E-state index contributed by atoms with van der Waals surface area (Å²) in [6.07, 6.45) is 0. The molecule has 400 valence electrons. The number of anilines is 6. The van der Waals surface area contributed by atoms with Crippen molar-refractivity contribution in [3.05, 3.63) is 261 Å². The van der Waals surface area contributed by atoms with Crippen LogP contribution < -0.4 is 20.2 Å². The first kappa shape index (κ1) is 50.3. The fourth-order valence-electron chi connectivity index (χ4n) is 12.6. The summed E-state index contributed by atoms with van der Waals surface area (Å²) in [5.74, 6) is 0. The normalized spacial score (nSPS) is 12.2. The summed E-state index contributed by atoms with van der Waals surface area (Å²) in [6.45, 7) is 14.5. The number of benzene rings is 12. The minimum absolute atomic E-state index is 0.848. The second kappa shape index (κ2) is 19.5. The number of fused-ring (bicyclic) bond motifs is 10. The lowest BCUT2D eigenvalue weighted by Gasteiger charge is -2.27. The van der Waals surface area contributed by atoms with Crippen molar-refractivity contribution in [3.63, 3.8) is 0 Å². The number of aromatic nitrogens is 1. The van der Waals surface area contributed by atoms with Crippen LogP contribution in [-0.2, 0) is 0 Å². The standard InChI is InChI=1S/C76H61N3O2Si2/c1-82(2,3)59-41-36-55(37-42-59)77(69-32-18-30-66-64-28-16-26-61(73(64)80-75(66)69)50-20-10-7-11-21-50)57-35-34-52-47-68-63-45-40-58(49-72(63)79(54-24-14-9-15-25-54)71(68)48-53(52)46-57)78(56-38-43-60(44-39-56)83(4,5)6)70-33-19-31-67-65-29-17-27-62(74(65)81-76(67)70)51-22-12-8-13-23-51/h7-49H,1-6H3. The van der Waals surface area contributed by atoms with Gasteiger partial charge in [-0.25, -0.2) is 0 Å². The Kier molecular flexibility index (Phi) is 11.8. The molecule has 3 aromatic heterocycles. The van der Waals surface area contributed by atoms with Gasteiger partial charge in [0.1, 0.15) is 11.2 Å².